The van der Waals surface area contributed by atoms with Gasteiger partial charge in [-0.15, -0.1) is 11.3 Å². The normalized spacial score (nSPS) is 10.9. The van der Waals surface area contributed by atoms with Gasteiger partial charge >= 0.3 is 0 Å². The van der Waals surface area contributed by atoms with Gasteiger partial charge in [0, 0.05) is 17.8 Å². The lowest BCUT2D eigenvalue weighted by atomic mass is 10.0. The van der Waals surface area contributed by atoms with Crippen LogP contribution in [0.25, 0.3) is 27.6 Å². The van der Waals surface area contributed by atoms with Crippen molar-refractivity contribution in [3.8, 4) is 27.6 Å². The van der Waals surface area contributed by atoms with Gasteiger partial charge in [0.05, 0.1) is 11.3 Å². The molecule has 0 spiro atoms. The van der Waals surface area contributed by atoms with E-state index in [-0.39, 0.29) is 23.8 Å². The second kappa shape index (κ2) is 9.90. The van der Waals surface area contributed by atoms with E-state index in [0.29, 0.717) is 23.6 Å². The first-order valence-electron chi connectivity index (χ1n) is 11.3. The summed E-state index contributed by atoms with van der Waals surface area (Å²) in [6, 6.07) is 25.2. The minimum absolute atomic E-state index is 0.190. The molecule has 2 N–H and O–H groups in total. The molecule has 3 heterocycles. The molecule has 0 saturated heterocycles. The number of carbonyl (C=O) groups is 1. The molecule has 1 amide bonds. The standard InChI is InChI=1S/C27H23N5O2S/c1-2-21-16-26(34)30-27(28-21)32-24(17-22(31-32)23-9-6-14-35-23)29-25(33)15-18-10-12-20(13-11-18)19-7-4-3-5-8-19/h3-14,16-17H,2,15H2,1H3,(H,29,33)(H,28,30,34). The summed E-state index contributed by atoms with van der Waals surface area (Å²) in [5.41, 5.74) is 4.19. The van der Waals surface area contributed by atoms with E-state index in [9.17, 15) is 9.59 Å². The van der Waals surface area contributed by atoms with Crippen molar-refractivity contribution in [3.05, 3.63) is 106 Å². The molecule has 0 radical (unpaired) electrons. The highest BCUT2D eigenvalue weighted by Crippen LogP contribution is 2.27. The van der Waals surface area contributed by atoms with Gasteiger partial charge < -0.3 is 5.32 Å². The molecule has 0 bridgehead atoms. The summed E-state index contributed by atoms with van der Waals surface area (Å²) in [6.07, 6.45) is 0.810. The van der Waals surface area contributed by atoms with E-state index in [1.807, 2.05) is 66.9 Å². The molecule has 0 aliphatic rings. The fourth-order valence-corrected chi connectivity index (χ4v) is 4.45. The van der Waals surface area contributed by atoms with E-state index in [2.05, 4.69) is 32.5 Å². The van der Waals surface area contributed by atoms with Gasteiger partial charge in [0.25, 0.3) is 5.56 Å². The molecule has 8 heteroatoms. The molecule has 0 aliphatic carbocycles. The first-order chi connectivity index (χ1) is 17.1. The first kappa shape index (κ1) is 22.5. The Morgan fingerprint density at radius 1 is 1.00 bits per heavy atom. The van der Waals surface area contributed by atoms with Crippen LogP contribution >= 0.6 is 11.3 Å². The Morgan fingerprint density at radius 3 is 2.49 bits per heavy atom. The van der Waals surface area contributed by atoms with Gasteiger partial charge in [-0.1, -0.05) is 67.6 Å². The van der Waals surface area contributed by atoms with Crippen LogP contribution in [0.1, 0.15) is 18.2 Å². The number of thiophene rings is 1. The Hall–Kier alpha value is -4.30. The third kappa shape index (κ3) is 5.12. The molecule has 5 rings (SSSR count). The summed E-state index contributed by atoms with van der Waals surface area (Å²) in [5.74, 6) is 0.515. The number of rotatable bonds is 7. The molecule has 0 fully saturated rings. The molecular formula is C27H23N5O2S. The lowest BCUT2D eigenvalue weighted by molar-refractivity contribution is -0.115. The van der Waals surface area contributed by atoms with Crippen LogP contribution in [0.4, 0.5) is 5.82 Å². The second-order valence-corrected chi connectivity index (χ2v) is 8.95. The zero-order chi connectivity index (χ0) is 24.2. The lowest BCUT2D eigenvalue weighted by Gasteiger charge is -2.09. The number of aryl methyl sites for hydroxylation is 1. The van der Waals surface area contributed by atoms with Gasteiger partial charge in [-0.25, -0.2) is 4.98 Å². The van der Waals surface area contributed by atoms with E-state index in [1.54, 1.807) is 17.4 Å². The Labute approximate surface area is 206 Å². The van der Waals surface area contributed by atoms with E-state index in [0.717, 1.165) is 21.6 Å². The minimum Gasteiger partial charge on any atom is -0.310 e. The van der Waals surface area contributed by atoms with Gasteiger partial charge in [0.1, 0.15) is 11.5 Å². The van der Waals surface area contributed by atoms with Crippen LogP contribution in [0.5, 0.6) is 0 Å². The predicted molar refractivity (Wildman–Crippen MR) is 139 cm³/mol. The van der Waals surface area contributed by atoms with Crippen LogP contribution in [0, 0.1) is 0 Å². The molecule has 5 aromatic rings. The average Bonchev–Trinajstić information content (AvgIpc) is 3.55. The summed E-state index contributed by atoms with van der Waals surface area (Å²) in [5, 5.41) is 9.53. The number of aromatic nitrogens is 4. The first-order valence-corrected chi connectivity index (χ1v) is 12.2. The lowest BCUT2D eigenvalue weighted by Crippen LogP contribution is -2.20. The SMILES string of the molecule is CCc1cc(=O)[nH]c(-n2nc(-c3cccs3)cc2NC(=O)Cc2ccc(-c3ccccc3)cc2)n1. The Kier molecular flexibility index (Phi) is 6.36. The van der Waals surface area contributed by atoms with Crippen molar-refractivity contribution < 1.29 is 4.79 Å². The van der Waals surface area contributed by atoms with Gasteiger partial charge in [0.2, 0.25) is 11.9 Å². The zero-order valence-electron chi connectivity index (χ0n) is 19.1. The molecule has 3 aromatic heterocycles. The van der Waals surface area contributed by atoms with Crippen LogP contribution in [0.15, 0.2) is 89.0 Å². The zero-order valence-corrected chi connectivity index (χ0v) is 19.9. The molecule has 0 unspecified atom stereocenters. The Bertz CT molecular complexity index is 1500. The van der Waals surface area contributed by atoms with Crippen LogP contribution in [0.2, 0.25) is 0 Å². The Morgan fingerprint density at radius 2 is 1.77 bits per heavy atom. The highest BCUT2D eigenvalue weighted by Gasteiger charge is 2.17. The highest BCUT2D eigenvalue weighted by molar-refractivity contribution is 7.13. The van der Waals surface area contributed by atoms with Crippen molar-refractivity contribution in [1.82, 2.24) is 19.7 Å². The minimum atomic E-state index is -0.268. The largest absolute Gasteiger partial charge is 0.310 e. The number of carbonyl (C=O) groups excluding carboxylic acids is 1. The molecule has 0 atom stereocenters. The van der Waals surface area contributed by atoms with Crippen LogP contribution in [-0.2, 0) is 17.6 Å². The van der Waals surface area contributed by atoms with Gasteiger partial charge in [0.15, 0.2) is 0 Å². The molecule has 7 nitrogen and oxygen atoms in total. The predicted octanol–water partition coefficient (Wildman–Crippen LogP) is 5.09. The molecule has 2 aromatic carbocycles. The molecule has 174 valence electrons. The summed E-state index contributed by atoms with van der Waals surface area (Å²) >= 11 is 1.54. The third-order valence-electron chi connectivity index (χ3n) is 5.52. The molecule has 35 heavy (non-hydrogen) atoms. The van der Waals surface area contributed by atoms with E-state index < -0.39 is 0 Å². The van der Waals surface area contributed by atoms with E-state index in [1.165, 1.54) is 10.7 Å². The fraction of sp³-hybridized carbons (Fsp3) is 0.111. The maximum Gasteiger partial charge on any atom is 0.252 e. The number of aromatic amines is 1. The number of hydrogen-bond donors (Lipinski definition) is 2. The van der Waals surface area contributed by atoms with Crippen LogP contribution in [-0.4, -0.2) is 25.7 Å². The monoisotopic (exact) mass is 481 g/mol. The Balaban J connectivity index is 1.40. The van der Waals surface area contributed by atoms with Crippen molar-refractivity contribution in [2.45, 2.75) is 19.8 Å². The van der Waals surface area contributed by atoms with Gasteiger partial charge in [-0.3, -0.25) is 14.6 Å². The number of amides is 1. The van der Waals surface area contributed by atoms with Crippen molar-refractivity contribution in [3.63, 3.8) is 0 Å². The fourth-order valence-electron chi connectivity index (χ4n) is 3.77. The van der Waals surface area contributed by atoms with Crippen LogP contribution < -0.4 is 10.9 Å². The number of nitrogens with one attached hydrogen (secondary N) is 2. The number of hydrogen-bond acceptors (Lipinski definition) is 5. The van der Waals surface area contributed by atoms with Gasteiger partial charge in [-0.05, 0) is 34.6 Å². The smallest absolute Gasteiger partial charge is 0.252 e. The topological polar surface area (TPSA) is 92.7 Å². The number of benzene rings is 2. The second-order valence-electron chi connectivity index (χ2n) is 8.01. The number of nitrogens with zero attached hydrogens (tertiary/aromatic N) is 3. The maximum atomic E-state index is 13.0. The molecular weight excluding hydrogens is 458 g/mol. The third-order valence-corrected chi connectivity index (χ3v) is 6.41. The maximum absolute atomic E-state index is 13.0. The average molecular weight is 482 g/mol. The van der Waals surface area contributed by atoms with Gasteiger partial charge in [-0.2, -0.15) is 9.78 Å². The number of anilines is 1. The summed E-state index contributed by atoms with van der Waals surface area (Å²) < 4.78 is 1.48. The van der Waals surface area contributed by atoms with Crippen LogP contribution in [0.3, 0.4) is 0 Å². The summed E-state index contributed by atoms with van der Waals surface area (Å²) in [7, 11) is 0. The van der Waals surface area contributed by atoms with E-state index >= 15 is 0 Å². The van der Waals surface area contributed by atoms with Crippen molar-refractivity contribution >= 4 is 23.1 Å². The van der Waals surface area contributed by atoms with E-state index in [4.69, 9.17) is 0 Å². The van der Waals surface area contributed by atoms with Crippen molar-refractivity contribution in [2.75, 3.05) is 5.32 Å². The molecule has 0 aliphatic heterocycles. The van der Waals surface area contributed by atoms with Crippen molar-refractivity contribution in [1.29, 1.82) is 0 Å². The highest BCUT2D eigenvalue weighted by atomic mass is 32.1. The number of H-pyrrole nitrogens is 1. The van der Waals surface area contributed by atoms with Crippen molar-refractivity contribution in [2.24, 2.45) is 0 Å². The summed E-state index contributed by atoms with van der Waals surface area (Å²) in [4.78, 5) is 33.3. The summed E-state index contributed by atoms with van der Waals surface area (Å²) in [6.45, 7) is 1.93. The quantitative estimate of drug-likeness (QED) is 0.338. The molecule has 0 saturated carbocycles.